The molecule has 0 radical (unpaired) electrons. The normalized spacial score (nSPS) is 11.2. The van der Waals surface area contributed by atoms with E-state index in [4.69, 9.17) is 0 Å². The minimum atomic E-state index is -4.52. The van der Waals surface area contributed by atoms with Gasteiger partial charge < -0.3 is 10.6 Å². The molecule has 0 fully saturated rings. The fourth-order valence-corrected chi connectivity index (χ4v) is 3.63. The molecule has 4 rings (SSSR count). The number of rotatable bonds is 6. The molecule has 178 valence electrons. The maximum Gasteiger partial charge on any atom is 0.416 e. The quantitative estimate of drug-likeness (QED) is 0.341. The van der Waals surface area contributed by atoms with Gasteiger partial charge in [-0.05, 0) is 53.2 Å². The number of hydrogen-bond donors (Lipinski definition) is 2. The van der Waals surface area contributed by atoms with Gasteiger partial charge in [-0.25, -0.2) is 4.79 Å². The third kappa shape index (κ3) is 5.97. The number of carbonyl (C=O) groups excluding carboxylic acids is 2. The molecule has 0 saturated carbocycles. The number of urea groups is 1. The van der Waals surface area contributed by atoms with Crippen molar-refractivity contribution in [3.05, 3.63) is 108 Å². The van der Waals surface area contributed by atoms with Gasteiger partial charge in [-0.2, -0.15) is 13.2 Å². The molecule has 0 atom stereocenters. The number of nitrogens with one attached hydrogen (secondary N) is 2. The smallest absolute Gasteiger partial charge is 0.350 e. The summed E-state index contributed by atoms with van der Waals surface area (Å²) in [6.07, 6.45) is -4.52. The van der Waals surface area contributed by atoms with Gasteiger partial charge in [0.05, 0.1) is 5.56 Å². The van der Waals surface area contributed by atoms with Crippen molar-refractivity contribution in [1.29, 1.82) is 0 Å². The highest BCUT2D eigenvalue weighted by Crippen LogP contribution is 2.30. The van der Waals surface area contributed by atoms with E-state index < -0.39 is 17.8 Å². The number of benzene rings is 4. The highest BCUT2D eigenvalue weighted by atomic mass is 19.4. The summed E-state index contributed by atoms with van der Waals surface area (Å²) in [6, 6.07) is 25.6. The van der Waals surface area contributed by atoms with Crippen molar-refractivity contribution in [2.24, 2.45) is 0 Å². The van der Waals surface area contributed by atoms with Crippen molar-refractivity contribution in [3.8, 4) is 0 Å². The minimum absolute atomic E-state index is 0.0194. The van der Waals surface area contributed by atoms with Gasteiger partial charge >= 0.3 is 12.2 Å². The van der Waals surface area contributed by atoms with Crippen LogP contribution in [-0.4, -0.2) is 25.0 Å². The standard InChI is InChI=1S/C27H22F3N3O2/c28-27(29,30)22-9-6-10-23(18-22)32-26(35)33(24-11-2-1-3-12-24)16-15-31-25(34)21-14-13-19-7-4-5-8-20(19)17-21/h1-14,17-18H,15-16H2,(H,31,34)(H,32,35). The Morgan fingerprint density at radius 1 is 0.771 bits per heavy atom. The topological polar surface area (TPSA) is 61.4 Å². The van der Waals surface area contributed by atoms with Crippen molar-refractivity contribution < 1.29 is 22.8 Å². The fourth-order valence-electron chi connectivity index (χ4n) is 3.63. The van der Waals surface area contributed by atoms with E-state index in [-0.39, 0.29) is 24.7 Å². The molecule has 5 nitrogen and oxygen atoms in total. The van der Waals surface area contributed by atoms with E-state index in [1.807, 2.05) is 30.3 Å². The molecule has 0 saturated heterocycles. The van der Waals surface area contributed by atoms with Crippen molar-refractivity contribution in [2.45, 2.75) is 6.18 Å². The first-order chi connectivity index (χ1) is 16.8. The zero-order valence-electron chi connectivity index (χ0n) is 18.5. The first-order valence-electron chi connectivity index (χ1n) is 10.9. The maximum absolute atomic E-state index is 13.0. The highest BCUT2D eigenvalue weighted by Gasteiger charge is 2.30. The third-order valence-electron chi connectivity index (χ3n) is 5.39. The van der Waals surface area contributed by atoms with Gasteiger partial charge in [-0.15, -0.1) is 0 Å². The first kappa shape index (κ1) is 23.8. The number of hydrogen-bond acceptors (Lipinski definition) is 2. The second-order valence-electron chi connectivity index (χ2n) is 7.81. The van der Waals surface area contributed by atoms with Crippen LogP contribution in [0.15, 0.2) is 97.1 Å². The molecule has 0 bridgehead atoms. The molecule has 8 heteroatoms. The lowest BCUT2D eigenvalue weighted by Gasteiger charge is -2.23. The molecule has 0 spiro atoms. The molecule has 0 unspecified atom stereocenters. The van der Waals surface area contributed by atoms with Gasteiger partial charge in [0.1, 0.15) is 0 Å². The number of fused-ring (bicyclic) bond motifs is 1. The molecular weight excluding hydrogens is 455 g/mol. The number of amides is 3. The molecule has 3 amide bonds. The number of nitrogens with zero attached hydrogens (tertiary/aromatic N) is 1. The Hall–Kier alpha value is -4.33. The summed E-state index contributed by atoms with van der Waals surface area (Å²) in [7, 11) is 0. The Kier molecular flexibility index (Phi) is 7.01. The summed E-state index contributed by atoms with van der Waals surface area (Å²) in [4.78, 5) is 27.0. The number of anilines is 2. The van der Waals surface area contributed by atoms with Gasteiger partial charge in [-0.1, -0.05) is 54.6 Å². The van der Waals surface area contributed by atoms with E-state index in [1.54, 1.807) is 42.5 Å². The van der Waals surface area contributed by atoms with Crippen LogP contribution in [0.3, 0.4) is 0 Å². The number of carbonyl (C=O) groups is 2. The van der Waals surface area contributed by atoms with E-state index in [0.717, 1.165) is 22.9 Å². The highest BCUT2D eigenvalue weighted by molar-refractivity contribution is 6.02. The predicted molar refractivity (Wildman–Crippen MR) is 131 cm³/mol. The molecule has 2 N–H and O–H groups in total. The van der Waals surface area contributed by atoms with Crippen LogP contribution < -0.4 is 15.5 Å². The van der Waals surface area contributed by atoms with Crippen LogP contribution in [0, 0.1) is 0 Å². The van der Waals surface area contributed by atoms with Crippen molar-refractivity contribution >= 4 is 34.1 Å². The monoisotopic (exact) mass is 477 g/mol. The van der Waals surface area contributed by atoms with E-state index >= 15 is 0 Å². The van der Waals surface area contributed by atoms with Crippen LogP contribution in [0.2, 0.25) is 0 Å². The van der Waals surface area contributed by atoms with E-state index in [2.05, 4.69) is 10.6 Å². The van der Waals surface area contributed by atoms with Crippen LogP contribution >= 0.6 is 0 Å². The van der Waals surface area contributed by atoms with Crippen molar-refractivity contribution in [2.75, 3.05) is 23.3 Å². The van der Waals surface area contributed by atoms with Crippen LogP contribution in [0.25, 0.3) is 10.8 Å². The molecular formula is C27H22F3N3O2. The lowest BCUT2D eigenvalue weighted by molar-refractivity contribution is -0.137. The SMILES string of the molecule is O=C(NCCN(C(=O)Nc1cccc(C(F)(F)F)c1)c1ccccc1)c1ccc2ccccc2c1. The Labute approximate surface area is 200 Å². The molecule has 4 aromatic rings. The predicted octanol–water partition coefficient (Wildman–Crippen LogP) is 6.33. The molecule has 0 aliphatic rings. The van der Waals surface area contributed by atoms with Gasteiger partial charge in [0.2, 0.25) is 0 Å². The zero-order chi connectivity index (χ0) is 24.8. The van der Waals surface area contributed by atoms with Crippen LogP contribution in [0.1, 0.15) is 15.9 Å². The largest absolute Gasteiger partial charge is 0.416 e. The average Bonchev–Trinajstić information content (AvgIpc) is 2.86. The summed E-state index contributed by atoms with van der Waals surface area (Å²) in [5.41, 5.74) is 0.190. The van der Waals surface area contributed by atoms with Crippen LogP contribution in [0.5, 0.6) is 0 Å². The molecule has 0 heterocycles. The average molecular weight is 477 g/mol. The molecule has 0 aliphatic carbocycles. The van der Waals surface area contributed by atoms with Gasteiger partial charge in [0.25, 0.3) is 5.91 Å². The summed E-state index contributed by atoms with van der Waals surface area (Å²) >= 11 is 0. The van der Waals surface area contributed by atoms with Crippen LogP contribution in [-0.2, 0) is 6.18 Å². The summed E-state index contributed by atoms with van der Waals surface area (Å²) in [5.74, 6) is -0.290. The molecule has 4 aromatic carbocycles. The summed E-state index contributed by atoms with van der Waals surface area (Å²) in [5, 5.41) is 7.28. The summed E-state index contributed by atoms with van der Waals surface area (Å²) in [6.45, 7) is 0.241. The van der Waals surface area contributed by atoms with Crippen LogP contribution in [0.4, 0.5) is 29.3 Å². The Balaban J connectivity index is 1.45. The zero-order valence-corrected chi connectivity index (χ0v) is 18.5. The van der Waals surface area contributed by atoms with Crippen molar-refractivity contribution in [1.82, 2.24) is 5.32 Å². The molecule has 35 heavy (non-hydrogen) atoms. The van der Waals surface area contributed by atoms with E-state index in [1.165, 1.54) is 17.0 Å². The van der Waals surface area contributed by atoms with E-state index in [9.17, 15) is 22.8 Å². The minimum Gasteiger partial charge on any atom is -0.350 e. The Morgan fingerprint density at radius 2 is 1.49 bits per heavy atom. The number of halogens is 3. The molecule has 0 aromatic heterocycles. The number of para-hydroxylation sites is 1. The maximum atomic E-state index is 13.0. The van der Waals surface area contributed by atoms with Gasteiger partial charge in [0, 0.05) is 30.0 Å². The Morgan fingerprint density at radius 3 is 2.23 bits per heavy atom. The second-order valence-corrected chi connectivity index (χ2v) is 7.81. The molecule has 0 aliphatic heterocycles. The fraction of sp³-hybridized carbons (Fsp3) is 0.111. The van der Waals surface area contributed by atoms with Gasteiger partial charge in [0.15, 0.2) is 0 Å². The summed E-state index contributed by atoms with van der Waals surface area (Å²) < 4.78 is 39.1. The second kappa shape index (κ2) is 10.3. The lowest BCUT2D eigenvalue weighted by atomic mass is 10.1. The lowest BCUT2D eigenvalue weighted by Crippen LogP contribution is -2.41. The third-order valence-corrected chi connectivity index (χ3v) is 5.39. The van der Waals surface area contributed by atoms with Crippen molar-refractivity contribution in [3.63, 3.8) is 0 Å². The Bertz CT molecular complexity index is 1340. The number of alkyl halides is 3. The van der Waals surface area contributed by atoms with Gasteiger partial charge in [-0.3, -0.25) is 9.69 Å². The van der Waals surface area contributed by atoms with E-state index in [0.29, 0.717) is 11.3 Å². The first-order valence-corrected chi connectivity index (χ1v) is 10.9.